The van der Waals surface area contributed by atoms with Gasteiger partial charge in [-0.3, -0.25) is 4.74 Å². The number of nitrogens with zero attached hydrogens (tertiary/aromatic N) is 2. The lowest BCUT2D eigenvalue weighted by Gasteiger charge is -2.27. The van der Waals surface area contributed by atoms with Crippen LogP contribution in [0.25, 0.3) is 11.3 Å². The summed E-state index contributed by atoms with van der Waals surface area (Å²) in [5, 5.41) is 2.39. The van der Waals surface area contributed by atoms with E-state index in [1.807, 2.05) is 6.07 Å². The average molecular weight is 459 g/mol. The minimum absolute atomic E-state index is 0.964. The molecule has 2 nitrogen and oxygen atoms in total. The molecule has 3 heteroatoms. The fourth-order valence-corrected chi connectivity index (χ4v) is 7.89. The van der Waals surface area contributed by atoms with Gasteiger partial charge in [-0.25, -0.2) is 4.98 Å². The molecule has 1 heterocycles. The van der Waals surface area contributed by atoms with Gasteiger partial charge in [0.05, 0.1) is 23.9 Å². The molecule has 0 saturated carbocycles. The van der Waals surface area contributed by atoms with Crippen LogP contribution in [0.15, 0.2) is 132 Å². The van der Waals surface area contributed by atoms with Crippen molar-refractivity contribution in [2.45, 2.75) is 13.8 Å². The molecular formula is C31H27N2P. The Morgan fingerprint density at radius 1 is 0.529 bits per heavy atom. The number of pyridine rings is 1. The minimum Gasteiger partial charge on any atom is -0.252 e. The Morgan fingerprint density at radius 2 is 1.03 bits per heavy atom. The van der Waals surface area contributed by atoms with Crippen LogP contribution in [0.2, 0.25) is 0 Å². The SMILES string of the molecule is Cc1cccc(C)c1N=P(c1ccccc1)(c1ccccc1)c1cccc(-c2ccccc2)n1. The molecule has 0 atom stereocenters. The van der Waals surface area contributed by atoms with Gasteiger partial charge in [0, 0.05) is 16.2 Å². The van der Waals surface area contributed by atoms with Crippen molar-refractivity contribution in [1.82, 2.24) is 4.98 Å². The highest BCUT2D eigenvalue weighted by molar-refractivity contribution is 7.87. The van der Waals surface area contributed by atoms with Crippen molar-refractivity contribution < 1.29 is 0 Å². The van der Waals surface area contributed by atoms with E-state index in [9.17, 15) is 0 Å². The molecule has 1 aromatic heterocycles. The molecule has 0 aliphatic heterocycles. The van der Waals surface area contributed by atoms with E-state index >= 15 is 0 Å². The van der Waals surface area contributed by atoms with Crippen molar-refractivity contribution in [3.05, 3.63) is 139 Å². The third-order valence-electron chi connectivity index (χ3n) is 6.08. The van der Waals surface area contributed by atoms with E-state index in [1.54, 1.807) is 0 Å². The average Bonchev–Trinajstić information content (AvgIpc) is 2.90. The van der Waals surface area contributed by atoms with E-state index in [0.717, 1.165) is 22.4 Å². The van der Waals surface area contributed by atoms with Crippen molar-refractivity contribution in [3.63, 3.8) is 0 Å². The van der Waals surface area contributed by atoms with E-state index in [-0.39, 0.29) is 0 Å². The van der Waals surface area contributed by atoms with Gasteiger partial charge in [-0.2, -0.15) is 0 Å². The molecular weight excluding hydrogens is 431 g/mol. The molecule has 0 aliphatic carbocycles. The molecule has 0 amide bonds. The van der Waals surface area contributed by atoms with Crippen LogP contribution in [0.5, 0.6) is 0 Å². The highest BCUT2D eigenvalue weighted by atomic mass is 31.2. The normalized spacial score (nSPS) is 11.2. The first-order chi connectivity index (χ1) is 16.7. The van der Waals surface area contributed by atoms with E-state index < -0.39 is 7.05 Å². The lowest BCUT2D eigenvalue weighted by atomic mass is 10.1. The minimum atomic E-state index is -2.46. The molecule has 0 bridgehead atoms. The van der Waals surface area contributed by atoms with Crippen molar-refractivity contribution in [1.29, 1.82) is 0 Å². The number of hydrogen-bond acceptors (Lipinski definition) is 2. The molecule has 0 radical (unpaired) electrons. The quantitative estimate of drug-likeness (QED) is 0.256. The lowest BCUT2D eigenvalue weighted by Crippen LogP contribution is -2.27. The van der Waals surface area contributed by atoms with Gasteiger partial charge in [-0.15, -0.1) is 0 Å². The summed E-state index contributed by atoms with van der Waals surface area (Å²) in [5.74, 6) is 0. The second kappa shape index (κ2) is 9.63. The Hall–Kier alpha value is -3.74. The molecule has 0 N–H and O–H groups in total. The Morgan fingerprint density at radius 3 is 1.59 bits per heavy atom. The first kappa shape index (κ1) is 22.1. The largest absolute Gasteiger partial charge is 0.252 e. The highest BCUT2D eigenvalue weighted by Gasteiger charge is 2.29. The fourth-order valence-electron chi connectivity index (χ4n) is 4.35. The fraction of sp³-hybridized carbons (Fsp3) is 0.0645. The summed E-state index contributed by atoms with van der Waals surface area (Å²) in [6.45, 7) is 4.29. The zero-order valence-corrected chi connectivity index (χ0v) is 20.4. The summed E-state index contributed by atoms with van der Waals surface area (Å²) in [7, 11) is -2.46. The topological polar surface area (TPSA) is 25.2 Å². The molecule has 166 valence electrons. The zero-order valence-electron chi connectivity index (χ0n) is 19.5. The van der Waals surface area contributed by atoms with Gasteiger partial charge in [0.1, 0.15) is 0 Å². The summed E-state index contributed by atoms with van der Waals surface area (Å²) in [5.41, 5.74) is 6.48. The van der Waals surface area contributed by atoms with E-state index in [2.05, 4.69) is 135 Å². The molecule has 4 aromatic carbocycles. The maximum Gasteiger partial charge on any atom is 0.0894 e. The van der Waals surface area contributed by atoms with Gasteiger partial charge >= 0.3 is 0 Å². The van der Waals surface area contributed by atoms with E-state index in [1.165, 1.54) is 21.7 Å². The van der Waals surface area contributed by atoms with Crippen molar-refractivity contribution in [2.24, 2.45) is 4.74 Å². The van der Waals surface area contributed by atoms with Gasteiger partial charge in [0.15, 0.2) is 0 Å². The van der Waals surface area contributed by atoms with Crippen LogP contribution in [-0.2, 0) is 0 Å². The molecule has 34 heavy (non-hydrogen) atoms. The van der Waals surface area contributed by atoms with Gasteiger partial charge in [0.25, 0.3) is 0 Å². The van der Waals surface area contributed by atoms with Crippen molar-refractivity contribution in [3.8, 4) is 11.3 Å². The van der Waals surface area contributed by atoms with Crippen molar-refractivity contribution in [2.75, 3.05) is 0 Å². The Labute approximate surface area is 202 Å². The third kappa shape index (κ3) is 4.14. The molecule has 0 saturated heterocycles. The van der Waals surface area contributed by atoms with Gasteiger partial charge in [-0.05, 0) is 37.1 Å². The Bertz CT molecular complexity index is 1400. The van der Waals surface area contributed by atoms with Crippen LogP contribution < -0.4 is 16.0 Å². The first-order valence-corrected chi connectivity index (χ1v) is 13.3. The maximum absolute atomic E-state index is 5.68. The summed E-state index contributed by atoms with van der Waals surface area (Å²) in [4.78, 5) is 5.28. The smallest absolute Gasteiger partial charge is 0.0894 e. The summed E-state index contributed by atoms with van der Waals surface area (Å²) in [6, 6.07) is 44.5. The van der Waals surface area contributed by atoms with Crippen LogP contribution in [0, 0.1) is 13.8 Å². The summed E-state index contributed by atoms with van der Waals surface area (Å²) >= 11 is 0. The second-order valence-electron chi connectivity index (χ2n) is 8.39. The maximum atomic E-state index is 5.68. The molecule has 5 rings (SSSR count). The van der Waals surface area contributed by atoms with Crippen LogP contribution >= 0.6 is 7.05 Å². The van der Waals surface area contributed by atoms with Gasteiger partial charge < -0.3 is 0 Å². The standard InChI is InChI=1S/C31H27N2P/c1-24-14-12-15-25(2)31(24)33-34(27-18-8-4-9-19-27,28-20-10-5-11-21-28)30-23-13-22-29(32-30)26-16-6-3-7-17-26/h3-23H,1-2H3. The number of hydrogen-bond donors (Lipinski definition) is 0. The summed E-state index contributed by atoms with van der Waals surface area (Å²) < 4.78 is 5.68. The monoisotopic (exact) mass is 458 g/mol. The number of benzene rings is 4. The van der Waals surface area contributed by atoms with Crippen LogP contribution in [0.1, 0.15) is 11.1 Å². The third-order valence-corrected chi connectivity index (χ3v) is 9.59. The van der Waals surface area contributed by atoms with Gasteiger partial charge in [-0.1, -0.05) is 115 Å². The number of aromatic nitrogens is 1. The molecule has 0 aliphatic rings. The van der Waals surface area contributed by atoms with Crippen LogP contribution in [0.4, 0.5) is 5.69 Å². The molecule has 0 fully saturated rings. The van der Waals surface area contributed by atoms with E-state index in [0.29, 0.717) is 0 Å². The number of aryl methyl sites for hydroxylation is 2. The molecule has 0 spiro atoms. The Kier molecular flexibility index (Phi) is 6.25. The molecule has 0 unspecified atom stereocenters. The highest BCUT2D eigenvalue weighted by Crippen LogP contribution is 2.50. The zero-order chi connectivity index (χ0) is 23.4. The van der Waals surface area contributed by atoms with Crippen LogP contribution in [0.3, 0.4) is 0 Å². The number of rotatable bonds is 5. The first-order valence-electron chi connectivity index (χ1n) is 11.5. The van der Waals surface area contributed by atoms with Crippen LogP contribution in [-0.4, -0.2) is 4.98 Å². The van der Waals surface area contributed by atoms with E-state index in [4.69, 9.17) is 9.73 Å². The lowest BCUT2D eigenvalue weighted by molar-refractivity contribution is 1.33. The predicted octanol–water partition coefficient (Wildman–Crippen LogP) is 7.17. The second-order valence-corrected chi connectivity index (χ2v) is 11.4. The predicted molar refractivity (Wildman–Crippen MR) is 146 cm³/mol. The summed E-state index contributed by atoms with van der Waals surface area (Å²) in [6.07, 6.45) is 0. The molecule has 5 aromatic rings. The Balaban J connectivity index is 1.91. The van der Waals surface area contributed by atoms with Gasteiger partial charge in [0.2, 0.25) is 0 Å². The van der Waals surface area contributed by atoms with Crippen molar-refractivity contribution >= 4 is 28.8 Å².